The van der Waals surface area contributed by atoms with Crippen LogP contribution in [0.4, 0.5) is 20.3 Å². The lowest BCUT2D eigenvalue weighted by molar-refractivity contribution is -0.118. The van der Waals surface area contributed by atoms with Gasteiger partial charge in [0.1, 0.15) is 34.5 Å². The van der Waals surface area contributed by atoms with E-state index in [9.17, 15) is 17.6 Å². The highest BCUT2D eigenvalue weighted by atomic mass is 32.2. The van der Waals surface area contributed by atoms with Gasteiger partial charge in [-0.3, -0.25) is 9.78 Å². The number of terminal acetylenes is 1. The lowest BCUT2D eigenvalue weighted by Gasteiger charge is -2.34. The van der Waals surface area contributed by atoms with E-state index in [0.29, 0.717) is 52.1 Å². The highest BCUT2D eigenvalue weighted by Gasteiger charge is 2.34. The van der Waals surface area contributed by atoms with Crippen molar-refractivity contribution in [3.8, 4) is 29.6 Å². The fraction of sp³-hybridized carbons (Fsp3) is 0.243. The number of anilines is 2. The molecule has 16 heteroatoms. The molecule has 13 nitrogen and oxygen atoms in total. The maximum absolute atomic E-state index is 16.7. The van der Waals surface area contributed by atoms with Gasteiger partial charge in [0, 0.05) is 48.0 Å². The Morgan fingerprint density at radius 3 is 2.49 bits per heavy atom. The molecule has 2 fully saturated rings. The van der Waals surface area contributed by atoms with Gasteiger partial charge in [-0.15, -0.1) is 15.6 Å². The summed E-state index contributed by atoms with van der Waals surface area (Å²) in [4.78, 5) is 32.6. The summed E-state index contributed by atoms with van der Waals surface area (Å²) >= 11 is 0. The molecule has 1 amide bonds. The fourth-order valence-corrected chi connectivity index (χ4v) is 8.34. The summed E-state index contributed by atoms with van der Waals surface area (Å²) in [6, 6.07) is 13.7. The number of aromatic nitrogens is 6. The maximum Gasteiger partial charge on any atom is 0.319 e. The molecule has 2 bridgehead atoms. The SMILES string of the molecule is C#Cc1c(F)ccc2cccc(-c3ncc4c(N5C[C@H]6CC[C@@H](C5)N6)nc(OCC(=O)Nc5ccc(S(=O)(=O)n6nc(C)nc6C)cc5)nc4c3F)c12. The summed E-state index contributed by atoms with van der Waals surface area (Å²) in [5.41, 5.74) is 0.415. The van der Waals surface area contributed by atoms with Crippen LogP contribution in [0.1, 0.15) is 30.1 Å². The van der Waals surface area contributed by atoms with E-state index in [1.165, 1.54) is 43.5 Å². The largest absolute Gasteiger partial charge is 0.453 e. The summed E-state index contributed by atoms with van der Waals surface area (Å²) in [6.07, 6.45) is 9.16. The molecule has 53 heavy (non-hydrogen) atoms. The van der Waals surface area contributed by atoms with E-state index in [1.807, 2.05) is 4.90 Å². The number of hydrogen-bond donors (Lipinski definition) is 2. The standard InChI is InChI=1S/C37H31F2N9O4S/c1-4-27-30(38)15-8-22-6-5-7-28(32(22)27)34-33(39)35-29(16-40-34)36(47-17-24-9-10-25(18-47)42-24)45-37(44-35)52-19-31(49)43-23-11-13-26(14-12-23)53(50,51)48-21(3)41-20(2)46-48/h1,5-8,11-16,24-25,42H,9-10,17-19H2,2-3H3,(H,43,49)/t24-,25+. The van der Waals surface area contributed by atoms with Crippen LogP contribution in [0, 0.1) is 37.8 Å². The third-order valence-corrected chi connectivity index (χ3v) is 11.1. The molecule has 0 saturated carbocycles. The van der Waals surface area contributed by atoms with E-state index < -0.39 is 34.2 Å². The van der Waals surface area contributed by atoms with Gasteiger partial charge in [-0.25, -0.2) is 13.8 Å². The third kappa shape index (κ3) is 6.17. The summed E-state index contributed by atoms with van der Waals surface area (Å²) in [5.74, 6) is 1.34. The predicted octanol–water partition coefficient (Wildman–Crippen LogP) is 4.51. The highest BCUT2D eigenvalue weighted by molar-refractivity contribution is 7.89. The zero-order valence-electron chi connectivity index (χ0n) is 28.5. The minimum Gasteiger partial charge on any atom is -0.453 e. The minimum absolute atomic E-state index is 0.00856. The number of carbonyl (C=O) groups excluding carboxylic acids is 1. The molecule has 0 aliphatic carbocycles. The van der Waals surface area contributed by atoms with Crippen molar-refractivity contribution in [1.82, 2.24) is 34.4 Å². The Hall–Kier alpha value is -6.05. The van der Waals surface area contributed by atoms with Gasteiger partial charge in [-0.2, -0.15) is 18.4 Å². The third-order valence-electron chi connectivity index (χ3n) is 9.39. The lowest BCUT2D eigenvalue weighted by atomic mass is 9.96. The van der Waals surface area contributed by atoms with E-state index in [0.717, 1.165) is 16.9 Å². The Morgan fingerprint density at radius 1 is 1.04 bits per heavy atom. The number of rotatable bonds is 8. The zero-order chi connectivity index (χ0) is 37.0. The number of pyridine rings is 1. The van der Waals surface area contributed by atoms with Gasteiger partial charge in [0.15, 0.2) is 12.4 Å². The second kappa shape index (κ2) is 13.2. The van der Waals surface area contributed by atoms with E-state index in [2.05, 4.69) is 41.6 Å². The van der Waals surface area contributed by atoms with E-state index >= 15 is 4.39 Å². The van der Waals surface area contributed by atoms with Crippen LogP contribution in [0.2, 0.25) is 0 Å². The number of piperazine rings is 1. The summed E-state index contributed by atoms with van der Waals surface area (Å²) in [7, 11) is -4.00. The molecule has 2 saturated heterocycles. The molecule has 2 aliphatic rings. The Balaban J connectivity index is 1.10. The van der Waals surface area contributed by atoms with Gasteiger partial charge in [0.05, 0.1) is 15.8 Å². The van der Waals surface area contributed by atoms with Gasteiger partial charge < -0.3 is 20.3 Å². The fourth-order valence-electron chi connectivity index (χ4n) is 7.05. The Labute approximate surface area is 302 Å². The second-order valence-corrected chi connectivity index (χ2v) is 14.7. The first-order valence-electron chi connectivity index (χ1n) is 16.7. The molecule has 5 heterocycles. The van der Waals surface area contributed by atoms with Gasteiger partial charge in [-0.05, 0) is 62.4 Å². The number of nitrogens with one attached hydrogen (secondary N) is 2. The van der Waals surface area contributed by atoms with Crippen LogP contribution in [0.15, 0.2) is 65.7 Å². The van der Waals surface area contributed by atoms with Crippen LogP contribution in [0.3, 0.4) is 0 Å². The molecule has 6 aromatic rings. The van der Waals surface area contributed by atoms with Gasteiger partial charge in [0.25, 0.3) is 15.9 Å². The molecular weight excluding hydrogens is 705 g/mol. The molecule has 8 rings (SSSR count). The van der Waals surface area contributed by atoms with E-state index in [-0.39, 0.29) is 45.6 Å². The van der Waals surface area contributed by atoms with Crippen LogP contribution in [-0.2, 0) is 14.8 Å². The molecule has 3 aromatic carbocycles. The molecule has 0 unspecified atom stereocenters. The van der Waals surface area contributed by atoms with Gasteiger partial charge in [-0.1, -0.05) is 30.2 Å². The smallest absolute Gasteiger partial charge is 0.319 e. The monoisotopic (exact) mass is 735 g/mol. The van der Waals surface area contributed by atoms with Crippen molar-refractivity contribution >= 4 is 49.1 Å². The summed E-state index contributed by atoms with van der Waals surface area (Å²) < 4.78 is 64.2. The molecule has 0 radical (unpaired) electrons. The molecular formula is C37H31F2N9O4S. The average molecular weight is 736 g/mol. The number of halogens is 2. The van der Waals surface area contributed by atoms with Crippen LogP contribution in [0.5, 0.6) is 6.01 Å². The highest BCUT2D eigenvalue weighted by Crippen LogP contribution is 2.37. The molecule has 0 spiro atoms. The first kappa shape index (κ1) is 34.1. The Bertz CT molecular complexity index is 2600. The van der Waals surface area contributed by atoms with Crippen LogP contribution in [0.25, 0.3) is 32.9 Å². The Kier molecular flexibility index (Phi) is 8.47. The quantitative estimate of drug-likeness (QED) is 0.212. The number of carbonyl (C=O) groups is 1. The average Bonchev–Trinajstić information content (AvgIpc) is 3.68. The number of ether oxygens (including phenoxy) is 1. The number of benzene rings is 3. The van der Waals surface area contributed by atoms with Crippen molar-refractivity contribution in [2.45, 2.75) is 43.7 Å². The van der Waals surface area contributed by atoms with E-state index in [1.54, 1.807) is 31.2 Å². The summed E-state index contributed by atoms with van der Waals surface area (Å²) in [6.45, 7) is 3.82. The topological polar surface area (TPSA) is 157 Å². The molecule has 2 atom stereocenters. The number of nitrogens with zero attached hydrogens (tertiary/aromatic N) is 7. The van der Waals surface area contributed by atoms with Crippen molar-refractivity contribution < 1.29 is 26.7 Å². The molecule has 2 N–H and O–H groups in total. The van der Waals surface area contributed by atoms with Crippen molar-refractivity contribution in [3.63, 3.8) is 0 Å². The Morgan fingerprint density at radius 2 is 1.79 bits per heavy atom. The maximum atomic E-state index is 16.7. The van der Waals surface area contributed by atoms with Crippen molar-refractivity contribution in [2.24, 2.45) is 0 Å². The lowest BCUT2D eigenvalue weighted by Crippen LogP contribution is -2.51. The summed E-state index contributed by atoms with van der Waals surface area (Å²) in [5, 5.41) is 11.5. The van der Waals surface area contributed by atoms with Gasteiger partial charge in [0.2, 0.25) is 0 Å². The number of fused-ring (bicyclic) bond motifs is 4. The molecule has 3 aromatic heterocycles. The normalized spacial score (nSPS) is 16.9. The molecule has 268 valence electrons. The van der Waals surface area contributed by atoms with Crippen LogP contribution < -0.4 is 20.3 Å². The van der Waals surface area contributed by atoms with E-state index in [4.69, 9.17) is 11.2 Å². The predicted molar refractivity (Wildman–Crippen MR) is 193 cm³/mol. The van der Waals surface area contributed by atoms with Crippen molar-refractivity contribution in [1.29, 1.82) is 0 Å². The first-order valence-corrected chi connectivity index (χ1v) is 18.2. The molecule has 2 aliphatic heterocycles. The van der Waals surface area contributed by atoms with Crippen LogP contribution in [-0.4, -0.2) is 75.2 Å². The van der Waals surface area contributed by atoms with Crippen LogP contribution >= 0.6 is 0 Å². The second-order valence-electron chi connectivity index (χ2n) is 12.9. The minimum atomic E-state index is -4.00. The first-order chi connectivity index (χ1) is 25.5. The zero-order valence-corrected chi connectivity index (χ0v) is 29.3. The number of aryl methyl sites for hydroxylation is 2. The number of hydrogen-bond acceptors (Lipinski definition) is 11. The van der Waals surface area contributed by atoms with Crippen molar-refractivity contribution in [3.05, 3.63) is 89.6 Å². The van der Waals surface area contributed by atoms with Crippen molar-refractivity contribution in [2.75, 3.05) is 29.9 Å². The van der Waals surface area contributed by atoms with Gasteiger partial charge >= 0.3 is 6.01 Å². The number of amides is 1.